The van der Waals surface area contributed by atoms with Crippen LogP contribution < -0.4 is 0 Å². The summed E-state index contributed by atoms with van der Waals surface area (Å²) in [5.41, 5.74) is -2.73. The normalized spacial score (nSPS) is 41.2. The second-order valence-electron chi connectivity index (χ2n) is 3.70. The van der Waals surface area contributed by atoms with Crippen LogP contribution in [0.4, 0.5) is 4.39 Å². The summed E-state index contributed by atoms with van der Waals surface area (Å²) < 4.78 is 46.7. The number of rotatable bonds is 3. The summed E-state index contributed by atoms with van der Waals surface area (Å²) in [5, 5.41) is 36.7. The summed E-state index contributed by atoms with van der Waals surface area (Å²) in [6.45, 7) is 0. The molecule has 1 fully saturated rings. The van der Waals surface area contributed by atoms with Crippen molar-refractivity contribution in [1.29, 1.82) is 0 Å². The topological polar surface area (TPSA) is 145 Å². The fourth-order valence-electron chi connectivity index (χ4n) is 1.43. The van der Waals surface area contributed by atoms with Crippen molar-refractivity contribution >= 4 is 10.1 Å². The summed E-state index contributed by atoms with van der Waals surface area (Å²) in [6.07, 6.45) is -9.82. The molecule has 0 aromatic heterocycles. The number of hydrogen-bond acceptors (Lipinski definition) is 7. The molecule has 5 N–H and O–H groups in total. The lowest BCUT2D eigenvalue weighted by atomic mass is 9.97. The van der Waals surface area contributed by atoms with Gasteiger partial charge in [-0.2, -0.15) is 8.42 Å². The minimum Gasteiger partial charge on any atom is -0.388 e. The Balaban J connectivity index is 2.72. The molecule has 1 heterocycles. The van der Waals surface area contributed by atoms with Gasteiger partial charge in [0.2, 0.25) is 5.50 Å². The number of ether oxygens (including phenoxy) is 1. The standard InChI is InChI=1S/C7H13FO8S/c8-3(17(13,14)15)1-2-4(9)5(10)6(11)7(12)16-2/h2-7,9-12H,1H2,(H,13,14,15)/t2-,3?,4-,5+,6-,7?/m1/s1. The van der Waals surface area contributed by atoms with E-state index in [1.807, 2.05) is 0 Å². The van der Waals surface area contributed by atoms with Crippen LogP contribution in [0.3, 0.4) is 0 Å². The molecule has 1 aliphatic heterocycles. The Morgan fingerprint density at radius 2 is 1.65 bits per heavy atom. The van der Waals surface area contributed by atoms with E-state index in [0.29, 0.717) is 0 Å². The maximum absolute atomic E-state index is 13.0. The van der Waals surface area contributed by atoms with Crippen molar-refractivity contribution in [3.8, 4) is 0 Å². The average Bonchev–Trinajstić information content (AvgIpc) is 2.21. The molecule has 102 valence electrons. The van der Waals surface area contributed by atoms with Crippen molar-refractivity contribution in [3.63, 3.8) is 0 Å². The molecule has 0 aromatic rings. The van der Waals surface area contributed by atoms with Gasteiger partial charge in [-0.05, 0) is 0 Å². The van der Waals surface area contributed by atoms with Gasteiger partial charge in [-0.3, -0.25) is 4.55 Å². The predicted octanol–water partition coefficient (Wildman–Crippen LogP) is -2.64. The number of halogens is 1. The molecule has 1 rings (SSSR count). The van der Waals surface area contributed by atoms with Crippen molar-refractivity contribution in [2.24, 2.45) is 0 Å². The highest BCUT2D eigenvalue weighted by atomic mass is 32.2. The van der Waals surface area contributed by atoms with Crippen molar-refractivity contribution in [1.82, 2.24) is 0 Å². The molecular formula is C7H13FO8S. The van der Waals surface area contributed by atoms with E-state index in [2.05, 4.69) is 4.74 Å². The van der Waals surface area contributed by atoms with Gasteiger partial charge in [0.25, 0.3) is 10.1 Å². The van der Waals surface area contributed by atoms with Gasteiger partial charge in [0.15, 0.2) is 6.29 Å². The number of alkyl halides is 1. The van der Waals surface area contributed by atoms with Crippen molar-refractivity contribution in [3.05, 3.63) is 0 Å². The van der Waals surface area contributed by atoms with Gasteiger partial charge in [0, 0.05) is 6.42 Å². The molecule has 0 aliphatic carbocycles. The van der Waals surface area contributed by atoms with Gasteiger partial charge in [-0.1, -0.05) is 0 Å². The molecule has 6 atom stereocenters. The van der Waals surface area contributed by atoms with Crippen molar-refractivity contribution in [2.75, 3.05) is 0 Å². The molecule has 10 heteroatoms. The molecule has 0 radical (unpaired) electrons. The smallest absolute Gasteiger partial charge is 0.297 e. The van der Waals surface area contributed by atoms with Crippen LogP contribution in [0, 0.1) is 0 Å². The van der Waals surface area contributed by atoms with E-state index >= 15 is 0 Å². The largest absolute Gasteiger partial charge is 0.388 e. The molecule has 0 aromatic carbocycles. The fraction of sp³-hybridized carbons (Fsp3) is 1.00. The monoisotopic (exact) mass is 276 g/mol. The van der Waals surface area contributed by atoms with Gasteiger partial charge in [-0.25, -0.2) is 4.39 Å². The van der Waals surface area contributed by atoms with Gasteiger partial charge >= 0.3 is 0 Å². The Kier molecular flexibility index (Phi) is 4.41. The summed E-state index contributed by atoms with van der Waals surface area (Å²) in [7, 11) is -4.96. The van der Waals surface area contributed by atoms with Crippen LogP contribution in [0.25, 0.3) is 0 Å². The van der Waals surface area contributed by atoms with Crippen LogP contribution in [0.1, 0.15) is 6.42 Å². The van der Waals surface area contributed by atoms with Crippen LogP contribution in [-0.2, 0) is 14.9 Å². The molecule has 0 spiro atoms. The first-order valence-electron chi connectivity index (χ1n) is 4.62. The van der Waals surface area contributed by atoms with Gasteiger partial charge in [0.1, 0.15) is 18.3 Å². The second-order valence-corrected chi connectivity index (χ2v) is 5.24. The Morgan fingerprint density at radius 1 is 1.12 bits per heavy atom. The lowest BCUT2D eigenvalue weighted by molar-refractivity contribution is -0.283. The Hall–Kier alpha value is -0.360. The minimum absolute atomic E-state index is 0.985. The minimum atomic E-state index is -4.96. The Labute approximate surface area is 96.0 Å². The molecule has 0 saturated carbocycles. The SMILES string of the molecule is O=S(=O)(O)C(F)C[C@H]1OC(O)[C@H](O)[C@@H](O)[C@@H]1O. The predicted molar refractivity (Wildman–Crippen MR) is 50.0 cm³/mol. The molecule has 1 saturated heterocycles. The first kappa shape index (κ1) is 14.7. The van der Waals surface area contributed by atoms with Crippen LogP contribution in [0.2, 0.25) is 0 Å². The summed E-state index contributed by atoms with van der Waals surface area (Å²) in [4.78, 5) is 0. The Morgan fingerprint density at radius 3 is 2.12 bits per heavy atom. The van der Waals surface area contributed by atoms with Crippen LogP contribution in [0.5, 0.6) is 0 Å². The summed E-state index contributed by atoms with van der Waals surface area (Å²) >= 11 is 0. The van der Waals surface area contributed by atoms with E-state index < -0.39 is 52.7 Å². The van der Waals surface area contributed by atoms with Crippen LogP contribution in [0.15, 0.2) is 0 Å². The first-order valence-corrected chi connectivity index (χ1v) is 6.13. The lowest BCUT2D eigenvalue weighted by Gasteiger charge is -2.38. The van der Waals surface area contributed by atoms with Gasteiger partial charge < -0.3 is 25.2 Å². The molecule has 0 amide bonds. The van der Waals surface area contributed by atoms with Crippen LogP contribution >= 0.6 is 0 Å². The van der Waals surface area contributed by atoms with E-state index in [9.17, 15) is 23.0 Å². The van der Waals surface area contributed by atoms with Crippen molar-refractivity contribution in [2.45, 2.75) is 42.6 Å². The highest BCUT2D eigenvalue weighted by Crippen LogP contribution is 2.24. The zero-order valence-corrected chi connectivity index (χ0v) is 9.23. The average molecular weight is 276 g/mol. The van der Waals surface area contributed by atoms with E-state index in [0.717, 1.165) is 0 Å². The van der Waals surface area contributed by atoms with Gasteiger partial charge in [-0.15, -0.1) is 0 Å². The van der Waals surface area contributed by atoms with Gasteiger partial charge in [0.05, 0.1) is 6.10 Å². The highest BCUT2D eigenvalue weighted by Gasteiger charge is 2.44. The first-order chi connectivity index (χ1) is 7.64. The van der Waals surface area contributed by atoms with Crippen LogP contribution in [-0.4, -0.2) is 69.6 Å². The number of aliphatic hydroxyl groups is 4. The van der Waals surface area contributed by atoms with Crippen molar-refractivity contribution < 1.29 is 42.5 Å². The highest BCUT2D eigenvalue weighted by molar-refractivity contribution is 7.86. The summed E-state index contributed by atoms with van der Waals surface area (Å²) in [6, 6.07) is 0. The van der Waals surface area contributed by atoms with E-state index in [1.54, 1.807) is 0 Å². The zero-order chi connectivity index (χ0) is 13.4. The maximum Gasteiger partial charge on any atom is 0.297 e. The fourth-order valence-corrected chi connectivity index (χ4v) is 1.86. The molecule has 2 unspecified atom stereocenters. The number of aliphatic hydroxyl groups excluding tert-OH is 4. The quantitative estimate of drug-likeness (QED) is 0.352. The van der Waals surface area contributed by atoms with E-state index in [1.165, 1.54) is 0 Å². The Bertz CT molecular complexity index is 359. The van der Waals surface area contributed by atoms with E-state index in [4.69, 9.17) is 14.8 Å². The third kappa shape index (κ3) is 3.31. The molecule has 1 aliphatic rings. The summed E-state index contributed by atoms with van der Waals surface area (Å²) in [5.74, 6) is 0. The third-order valence-electron chi connectivity index (χ3n) is 2.43. The molecular weight excluding hydrogens is 263 g/mol. The third-order valence-corrected chi connectivity index (χ3v) is 3.27. The molecule has 8 nitrogen and oxygen atoms in total. The van der Waals surface area contributed by atoms with E-state index in [-0.39, 0.29) is 0 Å². The lowest BCUT2D eigenvalue weighted by Crippen LogP contribution is -2.58. The second kappa shape index (κ2) is 5.10. The zero-order valence-electron chi connectivity index (χ0n) is 8.42. The maximum atomic E-state index is 13.0. The molecule has 0 bridgehead atoms. The molecule has 17 heavy (non-hydrogen) atoms. The number of hydrogen-bond donors (Lipinski definition) is 5.